The molecule has 0 aliphatic carbocycles. The summed E-state index contributed by atoms with van der Waals surface area (Å²) < 4.78 is 24.9. The van der Waals surface area contributed by atoms with Gasteiger partial charge in [0.05, 0.1) is 6.26 Å². The third-order valence-corrected chi connectivity index (χ3v) is 6.41. The molecule has 0 aromatic heterocycles. The van der Waals surface area contributed by atoms with E-state index in [1.54, 1.807) is 0 Å². The van der Waals surface area contributed by atoms with Gasteiger partial charge in [-0.1, -0.05) is 6.42 Å². The quantitative estimate of drug-likeness (QED) is 0.805. The van der Waals surface area contributed by atoms with Crippen molar-refractivity contribution in [3.63, 3.8) is 0 Å². The number of nitrogens with one attached hydrogen (secondary N) is 1. The molecule has 3 saturated heterocycles. The van der Waals surface area contributed by atoms with Gasteiger partial charge in [-0.15, -0.1) is 0 Å². The topological polar surface area (TPSA) is 69.7 Å². The molecular weight excluding hydrogens is 290 g/mol. The van der Waals surface area contributed by atoms with Gasteiger partial charge >= 0.3 is 0 Å². The highest BCUT2D eigenvalue weighted by Crippen LogP contribution is 2.28. The summed E-state index contributed by atoms with van der Waals surface area (Å²) in [5.74, 6) is -0.102. The SMILES string of the molecule is CS(=O)(=O)N1CCC[C@@H]1C(=O)N[C@H]1CCN2CCCC[C@H]12. The highest BCUT2D eigenvalue weighted by atomic mass is 32.2. The maximum Gasteiger partial charge on any atom is 0.238 e. The molecule has 3 fully saturated rings. The van der Waals surface area contributed by atoms with Crippen LogP contribution >= 0.6 is 0 Å². The fourth-order valence-electron chi connectivity index (χ4n) is 4.09. The Balaban J connectivity index is 1.64. The van der Waals surface area contributed by atoms with Crippen molar-refractivity contribution in [2.45, 2.75) is 56.7 Å². The molecule has 0 saturated carbocycles. The Morgan fingerprint density at radius 3 is 2.62 bits per heavy atom. The number of rotatable bonds is 3. The van der Waals surface area contributed by atoms with Crippen LogP contribution in [-0.4, -0.2) is 67.5 Å². The standard InChI is InChI=1S/C14H25N3O3S/c1-21(19,20)17-9-4-6-13(17)14(18)15-11-7-10-16-8-3-2-5-12(11)16/h11-13H,2-10H2,1H3,(H,15,18)/t11-,12+,13+/m0/s1. The van der Waals surface area contributed by atoms with Crippen LogP contribution in [-0.2, 0) is 14.8 Å². The molecule has 0 aromatic rings. The van der Waals surface area contributed by atoms with E-state index in [2.05, 4.69) is 10.2 Å². The molecule has 0 unspecified atom stereocenters. The monoisotopic (exact) mass is 315 g/mol. The maximum atomic E-state index is 12.5. The Morgan fingerprint density at radius 1 is 1.05 bits per heavy atom. The summed E-state index contributed by atoms with van der Waals surface area (Å²) in [7, 11) is -3.29. The first-order valence-electron chi connectivity index (χ1n) is 7.98. The zero-order valence-corrected chi connectivity index (χ0v) is 13.4. The molecule has 3 heterocycles. The number of sulfonamides is 1. The Bertz CT molecular complexity index is 508. The van der Waals surface area contributed by atoms with E-state index in [9.17, 15) is 13.2 Å². The first kappa shape index (κ1) is 15.2. The predicted molar refractivity (Wildman–Crippen MR) is 80.3 cm³/mol. The average molecular weight is 315 g/mol. The van der Waals surface area contributed by atoms with Crippen molar-refractivity contribution in [3.05, 3.63) is 0 Å². The molecule has 1 N–H and O–H groups in total. The molecule has 21 heavy (non-hydrogen) atoms. The number of fused-ring (bicyclic) bond motifs is 1. The number of hydrogen-bond acceptors (Lipinski definition) is 4. The molecule has 3 aliphatic rings. The zero-order valence-electron chi connectivity index (χ0n) is 12.6. The first-order valence-corrected chi connectivity index (χ1v) is 9.83. The molecule has 3 atom stereocenters. The normalized spacial score (nSPS) is 34.8. The minimum atomic E-state index is -3.29. The van der Waals surface area contributed by atoms with Crippen molar-refractivity contribution >= 4 is 15.9 Å². The van der Waals surface area contributed by atoms with Crippen LogP contribution in [0.5, 0.6) is 0 Å². The van der Waals surface area contributed by atoms with Gasteiger partial charge in [0.2, 0.25) is 15.9 Å². The van der Waals surface area contributed by atoms with Gasteiger partial charge < -0.3 is 5.32 Å². The van der Waals surface area contributed by atoms with Gasteiger partial charge in [-0.2, -0.15) is 4.31 Å². The van der Waals surface area contributed by atoms with Gasteiger partial charge in [-0.05, 0) is 38.6 Å². The second-order valence-electron chi connectivity index (χ2n) is 6.53. The van der Waals surface area contributed by atoms with Gasteiger partial charge in [0, 0.05) is 25.2 Å². The molecular formula is C14H25N3O3S. The summed E-state index contributed by atoms with van der Waals surface area (Å²) in [4.78, 5) is 15.0. The van der Waals surface area contributed by atoms with Crippen molar-refractivity contribution in [2.75, 3.05) is 25.9 Å². The number of nitrogens with zero attached hydrogens (tertiary/aromatic N) is 2. The third-order valence-electron chi connectivity index (χ3n) is 5.12. The molecule has 120 valence electrons. The fraction of sp³-hybridized carbons (Fsp3) is 0.929. The summed E-state index contributed by atoms with van der Waals surface area (Å²) in [6.45, 7) is 2.66. The molecule has 1 amide bonds. The lowest BCUT2D eigenvalue weighted by Gasteiger charge is -2.33. The van der Waals surface area contributed by atoms with Crippen molar-refractivity contribution in [1.29, 1.82) is 0 Å². The maximum absolute atomic E-state index is 12.5. The van der Waals surface area contributed by atoms with E-state index in [0.717, 1.165) is 32.4 Å². The van der Waals surface area contributed by atoms with Gasteiger partial charge in [0.15, 0.2) is 0 Å². The molecule has 7 heteroatoms. The molecule has 6 nitrogen and oxygen atoms in total. The molecule has 0 radical (unpaired) electrons. The minimum Gasteiger partial charge on any atom is -0.350 e. The average Bonchev–Trinajstić information content (AvgIpc) is 3.05. The van der Waals surface area contributed by atoms with Crippen molar-refractivity contribution in [1.82, 2.24) is 14.5 Å². The number of amides is 1. The van der Waals surface area contributed by atoms with Gasteiger partial charge in [0.25, 0.3) is 0 Å². The Kier molecular flexibility index (Phi) is 4.25. The van der Waals surface area contributed by atoms with Crippen molar-refractivity contribution < 1.29 is 13.2 Å². The molecule has 0 spiro atoms. The smallest absolute Gasteiger partial charge is 0.238 e. The minimum absolute atomic E-state index is 0.102. The van der Waals surface area contributed by atoms with E-state index in [1.165, 1.54) is 23.4 Å². The van der Waals surface area contributed by atoms with Crippen molar-refractivity contribution in [2.24, 2.45) is 0 Å². The number of carbonyl (C=O) groups excluding carboxylic acids is 1. The van der Waals surface area contributed by atoms with Crippen LogP contribution in [0.15, 0.2) is 0 Å². The van der Waals surface area contributed by atoms with Gasteiger partial charge in [0.1, 0.15) is 6.04 Å². The number of hydrogen-bond donors (Lipinski definition) is 1. The van der Waals surface area contributed by atoms with Crippen LogP contribution in [0.25, 0.3) is 0 Å². The highest BCUT2D eigenvalue weighted by Gasteiger charge is 2.40. The lowest BCUT2D eigenvalue weighted by molar-refractivity contribution is -0.125. The molecule has 0 bridgehead atoms. The number of piperidine rings is 1. The largest absolute Gasteiger partial charge is 0.350 e. The molecule has 0 aromatic carbocycles. The Hall–Kier alpha value is -0.660. The summed E-state index contributed by atoms with van der Waals surface area (Å²) in [6.07, 6.45) is 7.21. The van der Waals surface area contributed by atoms with Crippen LogP contribution < -0.4 is 5.32 Å². The molecule has 3 rings (SSSR count). The van der Waals surface area contributed by atoms with Gasteiger partial charge in [-0.25, -0.2) is 8.42 Å². The fourth-order valence-corrected chi connectivity index (χ4v) is 5.22. The Labute approximate surface area is 126 Å². The summed E-state index contributed by atoms with van der Waals surface area (Å²) in [5.41, 5.74) is 0. The van der Waals surface area contributed by atoms with E-state index >= 15 is 0 Å². The Morgan fingerprint density at radius 2 is 1.86 bits per heavy atom. The highest BCUT2D eigenvalue weighted by molar-refractivity contribution is 7.88. The van der Waals surface area contributed by atoms with E-state index in [4.69, 9.17) is 0 Å². The second kappa shape index (κ2) is 5.85. The summed E-state index contributed by atoms with van der Waals surface area (Å²) >= 11 is 0. The van der Waals surface area contributed by atoms with Crippen LogP contribution in [0.4, 0.5) is 0 Å². The van der Waals surface area contributed by atoms with Crippen molar-refractivity contribution in [3.8, 4) is 0 Å². The first-order chi connectivity index (χ1) is 9.97. The van der Waals surface area contributed by atoms with Gasteiger partial charge in [-0.3, -0.25) is 9.69 Å². The predicted octanol–water partition coefficient (Wildman–Crippen LogP) is 0.153. The zero-order chi connectivity index (χ0) is 15.0. The van der Waals surface area contributed by atoms with Crippen LogP contribution in [0.3, 0.4) is 0 Å². The lowest BCUT2D eigenvalue weighted by atomic mass is 9.99. The molecule has 3 aliphatic heterocycles. The van der Waals surface area contributed by atoms with E-state index in [1.807, 2.05) is 0 Å². The second-order valence-corrected chi connectivity index (χ2v) is 8.47. The third kappa shape index (κ3) is 3.10. The van der Waals surface area contributed by atoms with Crippen LogP contribution in [0.1, 0.15) is 38.5 Å². The van der Waals surface area contributed by atoms with E-state index in [0.29, 0.717) is 19.0 Å². The van der Waals surface area contributed by atoms with Crippen LogP contribution in [0.2, 0.25) is 0 Å². The summed E-state index contributed by atoms with van der Waals surface area (Å²) in [6, 6.07) is 0.147. The summed E-state index contributed by atoms with van der Waals surface area (Å²) in [5, 5.41) is 3.14. The van der Waals surface area contributed by atoms with Crippen LogP contribution in [0, 0.1) is 0 Å². The van der Waals surface area contributed by atoms with E-state index in [-0.39, 0.29) is 11.9 Å². The lowest BCUT2D eigenvalue weighted by Crippen LogP contribution is -2.52. The number of carbonyl (C=O) groups is 1. The van der Waals surface area contributed by atoms with E-state index < -0.39 is 16.1 Å².